The second-order valence-corrected chi connectivity index (χ2v) is 20.2. The van der Waals surface area contributed by atoms with Crippen molar-refractivity contribution in [3.05, 3.63) is 24.3 Å². The van der Waals surface area contributed by atoms with Gasteiger partial charge in [0.25, 0.3) is 0 Å². The fraction of sp³-hybridized carbons (Fsp3) is 0.571. The Bertz CT molecular complexity index is 386. The molecule has 0 N–H and O–H groups in total. The lowest BCUT2D eigenvalue weighted by molar-refractivity contribution is 0.588. The molecule has 0 spiro atoms. The van der Waals surface area contributed by atoms with Crippen LogP contribution in [0.15, 0.2) is 24.3 Å². The van der Waals surface area contributed by atoms with E-state index in [1.54, 1.807) is 0 Å². The summed E-state index contributed by atoms with van der Waals surface area (Å²) in [6.07, 6.45) is 0. The Hall–Kier alpha value is 0.00753. The highest BCUT2D eigenvalue weighted by Gasteiger charge is 2.29. The molecule has 0 unspecified atom stereocenters. The molecule has 0 radical (unpaired) electrons. The van der Waals surface area contributed by atoms with Crippen molar-refractivity contribution in [2.24, 2.45) is 0 Å². The molecule has 0 aromatic heterocycles. The molecule has 0 atom stereocenters. The maximum atomic E-state index is 6.28. The van der Waals surface area contributed by atoms with E-state index in [1.165, 1.54) is 10.4 Å². The van der Waals surface area contributed by atoms with Gasteiger partial charge in [0.1, 0.15) is 0 Å². The van der Waals surface area contributed by atoms with Crippen LogP contribution in [-0.4, -0.2) is 34.7 Å². The molecule has 0 aliphatic rings. The van der Waals surface area contributed by atoms with E-state index in [1.807, 2.05) is 0 Å². The fourth-order valence-corrected chi connectivity index (χ4v) is 15.0. The van der Waals surface area contributed by atoms with Crippen molar-refractivity contribution < 1.29 is 8.23 Å². The van der Waals surface area contributed by atoms with Crippen molar-refractivity contribution in [2.45, 2.75) is 52.4 Å². The van der Waals surface area contributed by atoms with E-state index in [0.717, 1.165) is 0 Å². The largest absolute Gasteiger partial charge is 0.455 e. The van der Waals surface area contributed by atoms with Gasteiger partial charge in [-0.1, -0.05) is 24.3 Å². The minimum Gasteiger partial charge on any atom is -0.455 e. The van der Waals surface area contributed by atoms with E-state index >= 15 is 0 Å². The first-order valence-electron chi connectivity index (χ1n) is 7.51. The fourth-order valence-electron chi connectivity index (χ4n) is 2.59. The topological polar surface area (TPSA) is 18.5 Å². The van der Waals surface area contributed by atoms with Crippen LogP contribution >= 0.6 is 0 Å². The highest BCUT2D eigenvalue weighted by molar-refractivity contribution is 6.90. The van der Waals surface area contributed by atoms with E-state index < -0.39 is 34.7 Å². The van der Waals surface area contributed by atoms with Crippen LogP contribution < -0.4 is 10.4 Å². The number of rotatable bonds is 6. The summed E-state index contributed by atoms with van der Waals surface area (Å²) in [5, 5.41) is 2.79. The van der Waals surface area contributed by atoms with Gasteiger partial charge in [-0.25, -0.2) is 0 Å². The highest BCUT2D eigenvalue weighted by Crippen LogP contribution is 2.10. The van der Waals surface area contributed by atoms with Crippen LogP contribution in [0.3, 0.4) is 0 Å². The van der Waals surface area contributed by atoms with Gasteiger partial charge >= 0.3 is 0 Å². The SMILES string of the molecule is C[SiH](C)O[Si](C)(C)c1ccc([Si](C)(C)O[SiH](C)C)cc1. The van der Waals surface area contributed by atoms with Gasteiger partial charge in [0.15, 0.2) is 18.1 Å². The minimum atomic E-state index is -1.71. The number of hydrogen-bond donors (Lipinski definition) is 0. The van der Waals surface area contributed by atoms with Gasteiger partial charge < -0.3 is 8.23 Å². The second-order valence-electron chi connectivity index (χ2n) is 6.93. The molecule has 2 nitrogen and oxygen atoms in total. The maximum Gasteiger partial charge on any atom is 0.205 e. The van der Waals surface area contributed by atoms with Gasteiger partial charge in [-0.3, -0.25) is 0 Å². The van der Waals surface area contributed by atoms with Crippen LogP contribution in [0.25, 0.3) is 0 Å². The molecule has 6 heteroatoms. The van der Waals surface area contributed by atoms with Gasteiger partial charge in [-0.15, -0.1) is 0 Å². The Morgan fingerprint density at radius 1 is 0.650 bits per heavy atom. The molecule has 0 aliphatic carbocycles. The van der Waals surface area contributed by atoms with Gasteiger partial charge in [0.2, 0.25) is 16.6 Å². The van der Waals surface area contributed by atoms with Crippen molar-refractivity contribution in [3.8, 4) is 0 Å². The Balaban J connectivity index is 2.94. The third-order valence-electron chi connectivity index (χ3n) is 3.34. The molecule has 0 fully saturated rings. The van der Waals surface area contributed by atoms with Gasteiger partial charge in [0.05, 0.1) is 0 Å². The third kappa shape index (κ3) is 5.08. The summed E-state index contributed by atoms with van der Waals surface area (Å²) in [7, 11) is -5.38. The Morgan fingerprint density at radius 2 is 0.900 bits per heavy atom. The Kier molecular flexibility index (Phi) is 6.18. The molecule has 114 valence electrons. The number of hydrogen-bond acceptors (Lipinski definition) is 2. The molecule has 0 aliphatic heterocycles. The standard InChI is InChI=1S/C14H30O2Si4/c1-17(2)15-19(5,6)13-9-11-14(12-10-13)20(7,8)16-18(3)4/h9-12,17-18H,1-8H3. The normalized spacial score (nSPS) is 13.3. The van der Waals surface area contributed by atoms with Gasteiger partial charge in [-0.05, 0) is 62.7 Å². The second kappa shape index (κ2) is 6.85. The van der Waals surface area contributed by atoms with E-state index in [-0.39, 0.29) is 0 Å². The first-order chi connectivity index (χ1) is 9.04. The van der Waals surface area contributed by atoms with E-state index in [4.69, 9.17) is 8.23 Å². The van der Waals surface area contributed by atoms with E-state index in [9.17, 15) is 0 Å². The number of benzene rings is 1. The van der Waals surface area contributed by atoms with E-state index in [2.05, 4.69) is 76.6 Å². The molecule has 1 rings (SSSR count). The van der Waals surface area contributed by atoms with Crippen molar-refractivity contribution >= 4 is 45.1 Å². The van der Waals surface area contributed by atoms with E-state index in [0.29, 0.717) is 0 Å². The zero-order valence-corrected chi connectivity index (χ0v) is 18.6. The summed E-state index contributed by atoms with van der Waals surface area (Å²) in [5.74, 6) is 0. The Labute approximate surface area is 130 Å². The summed E-state index contributed by atoms with van der Waals surface area (Å²) in [6, 6.07) is 9.10. The van der Waals surface area contributed by atoms with Crippen molar-refractivity contribution in [3.63, 3.8) is 0 Å². The molecular weight excluding hydrogens is 312 g/mol. The summed E-state index contributed by atoms with van der Waals surface area (Å²) < 4.78 is 12.6. The van der Waals surface area contributed by atoms with Crippen molar-refractivity contribution in [1.82, 2.24) is 0 Å². The summed E-state index contributed by atoms with van der Waals surface area (Å²) in [5.41, 5.74) is 0. The monoisotopic (exact) mass is 342 g/mol. The summed E-state index contributed by atoms with van der Waals surface area (Å²) in [6.45, 7) is 18.2. The first kappa shape index (κ1) is 18.1. The first-order valence-corrected chi connectivity index (χ1v) is 18.9. The lowest BCUT2D eigenvalue weighted by Gasteiger charge is -2.29. The molecule has 1 aromatic rings. The lowest BCUT2D eigenvalue weighted by Crippen LogP contribution is -2.50. The zero-order chi connectivity index (χ0) is 15.6. The maximum absolute atomic E-state index is 6.28. The molecule has 0 amide bonds. The molecule has 0 bridgehead atoms. The molecule has 0 heterocycles. The van der Waals surface area contributed by atoms with Crippen LogP contribution in [0, 0.1) is 0 Å². The van der Waals surface area contributed by atoms with Gasteiger partial charge in [-0.2, -0.15) is 0 Å². The molecule has 1 aromatic carbocycles. The highest BCUT2D eigenvalue weighted by atomic mass is 28.4. The Morgan fingerprint density at radius 3 is 1.10 bits per heavy atom. The van der Waals surface area contributed by atoms with Crippen LogP contribution in [-0.2, 0) is 8.23 Å². The van der Waals surface area contributed by atoms with Crippen molar-refractivity contribution in [2.75, 3.05) is 0 Å². The molecule has 0 saturated heterocycles. The summed E-state index contributed by atoms with van der Waals surface area (Å²) in [4.78, 5) is 0. The lowest BCUT2D eigenvalue weighted by atomic mass is 10.4. The van der Waals surface area contributed by atoms with Crippen LogP contribution in [0.2, 0.25) is 52.4 Å². The minimum absolute atomic E-state index is 0.979. The summed E-state index contributed by atoms with van der Waals surface area (Å²) >= 11 is 0. The van der Waals surface area contributed by atoms with Crippen LogP contribution in [0.5, 0.6) is 0 Å². The predicted molar refractivity (Wildman–Crippen MR) is 101 cm³/mol. The smallest absolute Gasteiger partial charge is 0.205 e. The predicted octanol–water partition coefficient (Wildman–Crippen LogP) is 2.51. The van der Waals surface area contributed by atoms with Gasteiger partial charge in [0, 0.05) is 0 Å². The quantitative estimate of drug-likeness (QED) is 0.740. The van der Waals surface area contributed by atoms with Crippen LogP contribution in [0.1, 0.15) is 0 Å². The third-order valence-corrected chi connectivity index (χ3v) is 15.3. The van der Waals surface area contributed by atoms with Crippen LogP contribution in [0.4, 0.5) is 0 Å². The molecule has 0 saturated carbocycles. The average Bonchev–Trinajstić information content (AvgIpc) is 2.25. The molecular formula is C14H30O2Si4. The van der Waals surface area contributed by atoms with Crippen molar-refractivity contribution in [1.29, 1.82) is 0 Å². The zero-order valence-electron chi connectivity index (χ0n) is 14.3. The molecule has 20 heavy (non-hydrogen) atoms. The average molecular weight is 343 g/mol.